The Labute approximate surface area is 564 Å². The lowest BCUT2D eigenvalue weighted by atomic mass is 9.92. The van der Waals surface area contributed by atoms with Crippen molar-refractivity contribution in [3.05, 3.63) is 186 Å². The number of quaternary nitrogens is 1. The SMILES string of the molecule is C[N+](C)(CCCS(=O)(=O)O)CCNC(=O)C(CCCCNC(=O)CCCN1C(=O)C=CC1=O)NC(=O)CCCC(=O)NC(Cc1ccccc1)C(=O)NC(Cc1ccccc1)C(=O)NC1Cc2ccccc2N(C(Cc2ccccc2)C(=O)NC(Cc2ccccc2)C(=O)O)C1=O. The minimum Gasteiger partial charge on any atom is -0.480 e. The van der Waals surface area contributed by atoms with Gasteiger partial charge in [0, 0.05) is 88.7 Å². The van der Waals surface area contributed by atoms with Crippen LogP contribution < -0.4 is 42.1 Å². The zero-order valence-electron chi connectivity index (χ0n) is 54.6. The Bertz CT molecular complexity index is 3680. The van der Waals surface area contributed by atoms with Gasteiger partial charge in [0.1, 0.15) is 36.3 Å². The predicted octanol–water partition coefficient (Wildman–Crippen LogP) is 3.06. The number of nitrogens with zero attached hydrogens (tertiary/aromatic N) is 3. The highest BCUT2D eigenvalue weighted by atomic mass is 32.2. The number of unbranched alkanes of at least 4 members (excludes halogenated alkanes) is 1. The second kappa shape index (κ2) is 36.8. The summed E-state index contributed by atoms with van der Waals surface area (Å²) in [5, 5.41) is 30.0. The average molecular weight is 1350 g/mol. The normalized spacial score (nSPS) is 15.2. The number of anilines is 1. The number of fused-ring (bicyclic) bond motifs is 1. The lowest BCUT2D eigenvalue weighted by Crippen LogP contribution is -2.63. The minimum atomic E-state index is -4.16. The van der Waals surface area contributed by atoms with Crippen molar-refractivity contribution in [2.45, 2.75) is 126 Å². The Hall–Kier alpha value is -9.92. The van der Waals surface area contributed by atoms with Gasteiger partial charge in [-0.2, -0.15) is 8.42 Å². The summed E-state index contributed by atoms with van der Waals surface area (Å²) >= 11 is 0. The summed E-state index contributed by atoms with van der Waals surface area (Å²) in [6, 6.07) is 34.7. The third-order valence-corrected chi connectivity index (χ3v) is 17.5. The van der Waals surface area contributed by atoms with Gasteiger partial charge in [0.2, 0.25) is 41.4 Å². The van der Waals surface area contributed by atoms with Gasteiger partial charge in [-0.3, -0.25) is 62.3 Å². The number of benzene rings is 5. The zero-order chi connectivity index (χ0) is 69.9. The fourth-order valence-corrected chi connectivity index (χ4v) is 12.0. The molecule has 0 saturated heterocycles. The maximum absolute atomic E-state index is 15.2. The fourth-order valence-electron chi connectivity index (χ4n) is 11.5. The van der Waals surface area contributed by atoms with Gasteiger partial charge in [-0.05, 0) is 66.0 Å². The third-order valence-electron chi connectivity index (χ3n) is 16.7. The van der Waals surface area contributed by atoms with Crippen LogP contribution in [0.5, 0.6) is 0 Å². The van der Waals surface area contributed by atoms with E-state index in [1.807, 2.05) is 14.1 Å². The molecular weight excluding hydrogens is 1260 g/mol. The van der Waals surface area contributed by atoms with Gasteiger partial charge in [0.25, 0.3) is 27.8 Å². The van der Waals surface area contributed by atoms with E-state index >= 15 is 4.79 Å². The van der Waals surface area contributed by atoms with Crippen molar-refractivity contribution in [2.24, 2.45) is 0 Å². The van der Waals surface area contributed by atoms with Crippen LogP contribution in [0.3, 0.4) is 0 Å². The first-order chi connectivity index (χ1) is 46.4. The summed E-state index contributed by atoms with van der Waals surface area (Å²) in [4.78, 5) is 152. The van der Waals surface area contributed by atoms with E-state index in [0.717, 1.165) is 4.90 Å². The molecule has 0 spiro atoms. The van der Waals surface area contributed by atoms with Gasteiger partial charge in [-0.1, -0.05) is 140 Å². The lowest BCUT2D eigenvalue weighted by Gasteiger charge is -2.39. The molecule has 0 saturated carbocycles. The summed E-state index contributed by atoms with van der Waals surface area (Å²) < 4.78 is 32.1. The van der Waals surface area contributed by atoms with Crippen molar-refractivity contribution in [3.8, 4) is 0 Å². The molecule has 516 valence electrons. The minimum absolute atomic E-state index is 0.00472. The number of para-hydroxylation sites is 1. The van der Waals surface area contributed by atoms with Crippen molar-refractivity contribution in [1.82, 2.24) is 42.1 Å². The van der Waals surface area contributed by atoms with E-state index < -0.39 is 111 Å². The summed E-state index contributed by atoms with van der Waals surface area (Å²) in [5.74, 6) is -7.41. The number of hydrogen-bond donors (Lipinski definition) is 9. The number of carbonyl (C=O) groups excluding carboxylic acids is 10. The Morgan fingerprint density at radius 2 is 1.01 bits per heavy atom. The molecule has 2 heterocycles. The maximum atomic E-state index is 15.2. The molecule has 5 aromatic carbocycles. The molecule has 25 nitrogen and oxygen atoms in total. The molecule has 97 heavy (non-hydrogen) atoms. The molecule has 2 aliphatic rings. The summed E-state index contributed by atoms with van der Waals surface area (Å²) in [6.07, 6.45) is 3.21. The summed E-state index contributed by atoms with van der Waals surface area (Å²) in [5.41, 5.74) is 3.64. The molecule has 9 N–H and O–H groups in total. The number of rotatable bonds is 39. The van der Waals surface area contributed by atoms with Crippen LogP contribution in [-0.4, -0.2) is 181 Å². The van der Waals surface area contributed by atoms with E-state index in [-0.39, 0.29) is 103 Å². The summed E-state index contributed by atoms with van der Waals surface area (Å²) in [6.45, 7) is 1.25. The largest absolute Gasteiger partial charge is 0.480 e. The van der Waals surface area contributed by atoms with Crippen molar-refractivity contribution >= 4 is 80.8 Å². The number of aliphatic carboxylic acids is 1. The van der Waals surface area contributed by atoms with Gasteiger partial charge >= 0.3 is 5.97 Å². The van der Waals surface area contributed by atoms with Crippen LogP contribution in [0, 0.1) is 0 Å². The highest BCUT2D eigenvalue weighted by Crippen LogP contribution is 2.31. The molecule has 0 bridgehead atoms. The molecule has 0 aliphatic carbocycles. The van der Waals surface area contributed by atoms with Crippen LogP contribution >= 0.6 is 0 Å². The maximum Gasteiger partial charge on any atom is 0.326 e. The molecule has 2 aliphatic heterocycles. The third kappa shape index (κ3) is 24.7. The van der Waals surface area contributed by atoms with Crippen molar-refractivity contribution in [2.75, 3.05) is 57.5 Å². The smallest absolute Gasteiger partial charge is 0.326 e. The first-order valence-corrected chi connectivity index (χ1v) is 34.2. The molecule has 0 fully saturated rings. The average Bonchev–Trinajstić information content (AvgIpc) is 1.77. The number of carboxylic acid groups (broad SMARTS) is 1. The van der Waals surface area contributed by atoms with Gasteiger partial charge < -0.3 is 46.8 Å². The molecule has 10 amide bonds. The van der Waals surface area contributed by atoms with Crippen molar-refractivity contribution in [1.29, 1.82) is 0 Å². The molecule has 6 unspecified atom stereocenters. The van der Waals surface area contributed by atoms with Crippen molar-refractivity contribution in [3.63, 3.8) is 0 Å². The Morgan fingerprint density at radius 1 is 0.515 bits per heavy atom. The van der Waals surface area contributed by atoms with Gasteiger partial charge in [-0.25, -0.2) is 4.79 Å². The topological polar surface area (TPSA) is 353 Å². The number of imide groups is 1. The van der Waals surface area contributed by atoms with Crippen LogP contribution in [0.25, 0.3) is 0 Å². The quantitative estimate of drug-likeness (QED) is 0.0118. The number of likely N-dealkylation sites (N-methyl/N-ethyl adjacent to an activating group) is 1. The van der Waals surface area contributed by atoms with Crippen LogP contribution in [0.4, 0.5) is 5.69 Å². The molecular formula is C71H87N10O15S+. The van der Waals surface area contributed by atoms with Crippen LogP contribution in [0.15, 0.2) is 158 Å². The van der Waals surface area contributed by atoms with Crippen LogP contribution in [0.2, 0.25) is 0 Å². The Balaban J connectivity index is 1.01. The highest BCUT2D eigenvalue weighted by molar-refractivity contribution is 7.85. The van der Waals surface area contributed by atoms with Crippen molar-refractivity contribution < 1.29 is 75.3 Å². The van der Waals surface area contributed by atoms with Gasteiger partial charge in [-0.15, -0.1) is 0 Å². The Morgan fingerprint density at radius 3 is 1.57 bits per heavy atom. The first-order valence-electron chi connectivity index (χ1n) is 32.6. The molecule has 6 atom stereocenters. The second-order valence-corrected chi connectivity index (χ2v) is 26.4. The molecule has 0 radical (unpaired) electrons. The van der Waals surface area contributed by atoms with Gasteiger partial charge in [0.15, 0.2) is 0 Å². The second-order valence-electron chi connectivity index (χ2n) is 24.9. The monoisotopic (exact) mass is 1350 g/mol. The number of hydrogen-bond acceptors (Lipinski definition) is 13. The number of carboxylic acids is 1. The number of amides is 10. The van der Waals surface area contributed by atoms with E-state index in [4.69, 9.17) is 0 Å². The number of nitrogens with one attached hydrogen (secondary N) is 7. The van der Waals surface area contributed by atoms with E-state index in [0.29, 0.717) is 63.9 Å². The standard InChI is InChI=1S/C71H86N10O15S/c1-81(2,41-21-43-97(94,95)96)42-39-73-66(87)54(31-17-18-38-72-61(82)35-20-40-79-64(85)36-37-65(79)86)74-62(83)33-19-34-63(84)75-55(44-49-22-7-3-8-23-49)67(88)76-56(45-50-24-9-4-10-25-50)68(89)77-57-48-53-30-15-16-32-59(53)80(70(57)91)60(47-52-28-13-6-14-29-52)69(90)78-58(71(92)93)46-51-26-11-5-12-27-51/h3-16,22-30,32,36-37,54-58,60H,17-21,31,33-35,38-48H2,1-2H3,(H8-,72,73,74,75,76,77,78,82,83,84,87,88,89,90,92,93,94,95,96)/p+1. The molecule has 7 rings (SSSR count). The fraction of sp³-hybridized carbons (Fsp3) is 0.394. The van der Waals surface area contributed by atoms with E-state index in [1.165, 1.54) is 17.1 Å². The van der Waals surface area contributed by atoms with Gasteiger partial charge in [0.05, 0.1) is 39.5 Å². The van der Waals surface area contributed by atoms with E-state index in [2.05, 4.69) is 37.2 Å². The van der Waals surface area contributed by atoms with E-state index in [1.54, 1.807) is 146 Å². The molecule has 0 aromatic heterocycles. The summed E-state index contributed by atoms with van der Waals surface area (Å²) in [7, 11) is -0.487. The lowest BCUT2D eigenvalue weighted by molar-refractivity contribution is -0.889. The molecule has 5 aromatic rings. The Kier molecular flexibility index (Phi) is 28.3. The first kappa shape index (κ1) is 74.5. The number of carbonyl (C=O) groups is 11. The zero-order valence-corrected chi connectivity index (χ0v) is 55.4. The van der Waals surface area contributed by atoms with Crippen LogP contribution in [-0.2, 0) is 95.0 Å². The predicted molar refractivity (Wildman–Crippen MR) is 361 cm³/mol. The van der Waals surface area contributed by atoms with Crippen LogP contribution in [0.1, 0.15) is 85.6 Å². The van der Waals surface area contributed by atoms with E-state index in [9.17, 15) is 66.0 Å². The highest BCUT2D eigenvalue weighted by Gasteiger charge is 2.42. The molecule has 26 heteroatoms.